The van der Waals surface area contributed by atoms with Gasteiger partial charge in [-0.2, -0.15) is 0 Å². The van der Waals surface area contributed by atoms with Gasteiger partial charge in [0.15, 0.2) is 5.15 Å². The largest absolute Gasteiger partial charge is 0.324 e. The molecular weight excluding hydrogens is 354 g/mol. The second-order valence-electron chi connectivity index (χ2n) is 4.60. The SMILES string of the molecule is NC(CCC(=O)Nc1cc(Br)cnc1Cl)c1ccccc1. The summed E-state index contributed by atoms with van der Waals surface area (Å²) in [4.78, 5) is 15.9. The van der Waals surface area contributed by atoms with E-state index in [1.54, 1.807) is 12.3 Å². The summed E-state index contributed by atoms with van der Waals surface area (Å²) in [6, 6.07) is 11.3. The highest BCUT2D eigenvalue weighted by molar-refractivity contribution is 9.10. The van der Waals surface area contributed by atoms with Crippen LogP contribution in [0, 0.1) is 0 Å². The number of hydrogen-bond acceptors (Lipinski definition) is 3. The molecule has 0 spiro atoms. The normalized spacial score (nSPS) is 12.0. The number of carbonyl (C=O) groups is 1. The summed E-state index contributed by atoms with van der Waals surface area (Å²) in [7, 11) is 0. The van der Waals surface area contributed by atoms with Crippen molar-refractivity contribution in [1.29, 1.82) is 0 Å². The third-order valence-corrected chi connectivity index (χ3v) is 3.72. The third-order valence-electron chi connectivity index (χ3n) is 2.99. The summed E-state index contributed by atoms with van der Waals surface area (Å²) in [5.74, 6) is -0.136. The average Bonchev–Trinajstić information content (AvgIpc) is 2.49. The lowest BCUT2D eigenvalue weighted by Crippen LogP contribution is -2.17. The molecule has 110 valence electrons. The molecule has 2 rings (SSSR count). The quantitative estimate of drug-likeness (QED) is 0.786. The minimum Gasteiger partial charge on any atom is -0.324 e. The van der Waals surface area contributed by atoms with Gasteiger partial charge in [0.25, 0.3) is 0 Å². The van der Waals surface area contributed by atoms with E-state index in [2.05, 4.69) is 26.2 Å². The van der Waals surface area contributed by atoms with Crippen LogP contribution in [0.4, 0.5) is 5.69 Å². The van der Waals surface area contributed by atoms with E-state index in [-0.39, 0.29) is 17.1 Å². The van der Waals surface area contributed by atoms with E-state index in [4.69, 9.17) is 17.3 Å². The molecule has 1 atom stereocenters. The number of benzene rings is 1. The van der Waals surface area contributed by atoms with E-state index in [0.717, 1.165) is 10.0 Å². The highest BCUT2D eigenvalue weighted by atomic mass is 79.9. The molecule has 0 aliphatic heterocycles. The third kappa shape index (κ3) is 4.81. The average molecular weight is 369 g/mol. The predicted molar refractivity (Wildman–Crippen MR) is 88.2 cm³/mol. The first-order valence-corrected chi connectivity index (χ1v) is 7.65. The molecule has 0 radical (unpaired) electrons. The molecule has 4 nitrogen and oxygen atoms in total. The molecular formula is C15H15BrClN3O. The first-order valence-electron chi connectivity index (χ1n) is 6.47. The minimum atomic E-state index is -0.159. The van der Waals surface area contributed by atoms with Crippen molar-refractivity contribution < 1.29 is 4.79 Å². The van der Waals surface area contributed by atoms with Crippen molar-refractivity contribution >= 4 is 39.1 Å². The number of nitrogens with one attached hydrogen (secondary N) is 1. The van der Waals surface area contributed by atoms with E-state index < -0.39 is 0 Å². The predicted octanol–water partition coefficient (Wildman–Crippen LogP) is 3.92. The summed E-state index contributed by atoms with van der Waals surface area (Å²) in [6.45, 7) is 0. The zero-order valence-corrected chi connectivity index (χ0v) is 13.6. The second-order valence-corrected chi connectivity index (χ2v) is 5.87. The molecule has 21 heavy (non-hydrogen) atoms. The van der Waals surface area contributed by atoms with Crippen LogP contribution in [-0.4, -0.2) is 10.9 Å². The van der Waals surface area contributed by atoms with E-state index in [9.17, 15) is 4.79 Å². The Morgan fingerprint density at radius 3 is 2.81 bits per heavy atom. The Hall–Kier alpha value is -1.43. The fourth-order valence-corrected chi connectivity index (χ4v) is 2.36. The van der Waals surface area contributed by atoms with Crippen LogP contribution < -0.4 is 11.1 Å². The van der Waals surface area contributed by atoms with Crippen LogP contribution in [0.1, 0.15) is 24.4 Å². The van der Waals surface area contributed by atoms with Crippen molar-refractivity contribution in [1.82, 2.24) is 4.98 Å². The first kappa shape index (κ1) is 15.9. The maximum absolute atomic E-state index is 11.9. The molecule has 1 aromatic carbocycles. The van der Waals surface area contributed by atoms with Gasteiger partial charge >= 0.3 is 0 Å². The smallest absolute Gasteiger partial charge is 0.224 e. The van der Waals surface area contributed by atoms with Crippen LogP contribution in [0.2, 0.25) is 5.15 Å². The molecule has 0 saturated carbocycles. The van der Waals surface area contributed by atoms with Crippen molar-refractivity contribution in [2.75, 3.05) is 5.32 Å². The Morgan fingerprint density at radius 1 is 1.38 bits per heavy atom. The van der Waals surface area contributed by atoms with Crippen LogP contribution >= 0.6 is 27.5 Å². The molecule has 2 aromatic rings. The number of amides is 1. The molecule has 1 aromatic heterocycles. The molecule has 0 bridgehead atoms. The molecule has 0 aliphatic rings. The van der Waals surface area contributed by atoms with E-state index >= 15 is 0 Å². The van der Waals surface area contributed by atoms with Crippen molar-refractivity contribution in [2.45, 2.75) is 18.9 Å². The Morgan fingerprint density at radius 2 is 2.10 bits per heavy atom. The standard InChI is InChI=1S/C15H15BrClN3O/c16-11-8-13(15(17)19-9-11)20-14(21)7-6-12(18)10-4-2-1-3-5-10/h1-5,8-9,12H,6-7,18H2,(H,20,21). The lowest BCUT2D eigenvalue weighted by molar-refractivity contribution is -0.116. The van der Waals surface area contributed by atoms with Gasteiger partial charge in [-0.05, 0) is 34.0 Å². The summed E-state index contributed by atoms with van der Waals surface area (Å²) < 4.78 is 0.753. The Balaban J connectivity index is 1.89. The van der Waals surface area contributed by atoms with Crippen LogP contribution in [0.15, 0.2) is 47.1 Å². The number of nitrogens with two attached hydrogens (primary N) is 1. The maximum atomic E-state index is 11.9. The highest BCUT2D eigenvalue weighted by Crippen LogP contribution is 2.23. The van der Waals surface area contributed by atoms with Crippen LogP contribution in [0.5, 0.6) is 0 Å². The summed E-state index contributed by atoms with van der Waals surface area (Å²) >= 11 is 9.21. The maximum Gasteiger partial charge on any atom is 0.224 e. The Bertz CT molecular complexity index is 622. The van der Waals surface area contributed by atoms with Crippen molar-refractivity contribution in [3.8, 4) is 0 Å². The lowest BCUT2D eigenvalue weighted by Gasteiger charge is -2.12. The van der Waals surface area contributed by atoms with Crippen LogP contribution in [0.25, 0.3) is 0 Å². The van der Waals surface area contributed by atoms with E-state index in [0.29, 0.717) is 18.5 Å². The van der Waals surface area contributed by atoms with Gasteiger partial charge in [0, 0.05) is 23.1 Å². The number of carbonyl (C=O) groups excluding carboxylic acids is 1. The van der Waals surface area contributed by atoms with Gasteiger partial charge in [0.05, 0.1) is 5.69 Å². The zero-order chi connectivity index (χ0) is 15.2. The summed E-state index contributed by atoms with van der Waals surface area (Å²) in [5.41, 5.74) is 7.58. The van der Waals surface area contributed by atoms with Crippen LogP contribution in [-0.2, 0) is 4.79 Å². The van der Waals surface area contributed by atoms with Gasteiger partial charge < -0.3 is 11.1 Å². The molecule has 6 heteroatoms. The van der Waals surface area contributed by atoms with Gasteiger partial charge in [-0.3, -0.25) is 4.79 Å². The van der Waals surface area contributed by atoms with Gasteiger partial charge in [0.1, 0.15) is 0 Å². The zero-order valence-electron chi connectivity index (χ0n) is 11.2. The van der Waals surface area contributed by atoms with Crippen molar-refractivity contribution in [2.24, 2.45) is 5.73 Å². The first-order chi connectivity index (χ1) is 10.1. The molecule has 0 fully saturated rings. The number of halogens is 2. The minimum absolute atomic E-state index is 0.136. The monoisotopic (exact) mass is 367 g/mol. The lowest BCUT2D eigenvalue weighted by atomic mass is 10.0. The van der Waals surface area contributed by atoms with Gasteiger partial charge in [0.2, 0.25) is 5.91 Å². The number of aromatic nitrogens is 1. The summed E-state index contributed by atoms with van der Waals surface area (Å²) in [6.07, 6.45) is 2.46. The van der Waals surface area contributed by atoms with E-state index in [1.165, 1.54) is 0 Å². The fourth-order valence-electron chi connectivity index (χ4n) is 1.88. The molecule has 1 heterocycles. The van der Waals surface area contributed by atoms with E-state index in [1.807, 2.05) is 30.3 Å². The van der Waals surface area contributed by atoms with Gasteiger partial charge in [-0.1, -0.05) is 41.9 Å². The number of nitrogens with zero attached hydrogens (tertiary/aromatic N) is 1. The Labute approximate surface area is 136 Å². The Kier molecular flexibility index (Phi) is 5.73. The molecule has 3 N–H and O–H groups in total. The number of anilines is 1. The van der Waals surface area contributed by atoms with Crippen molar-refractivity contribution in [3.63, 3.8) is 0 Å². The number of hydrogen-bond donors (Lipinski definition) is 2. The molecule has 1 unspecified atom stereocenters. The summed E-state index contributed by atoms with van der Waals surface area (Å²) in [5, 5.41) is 3.00. The fraction of sp³-hybridized carbons (Fsp3) is 0.200. The topological polar surface area (TPSA) is 68.0 Å². The second kappa shape index (κ2) is 7.54. The van der Waals surface area contributed by atoms with Crippen molar-refractivity contribution in [3.05, 3.63) is 57.8 Å². The highest BCUT2D eigenvalue weighted by Gasteiger charge is 2.11. The van der Waals surface area contributed by atoms with Gasteiger partial charge in [-0.15, -0.1) is 0 Å². The van der Waals surface area contributed by atoms with Crippen LogP contribution in [0.3, 0.4) is 0 Å². The molecule has 0 saturated heterocycles. The molecule has 1 amide bonds. The number of pyridine rings is 1. The van der Waals surface area contributed by atoms with Gasteiger partial charge in [-0.25, -0.2) is 4.98 Å². The molecule has 0 aliphatic carbocycles. The number of rotatable bonds is 5.